The van der Waals surface area contributed by atoms with Crippen LogP contribution in [-0.4, -0.2) is 20.9 Å². The molecule has 4 rings (SSSR count). The molecule has 0 bridgehead atoms. The van der Waals surface area contributed by atoms with Gasteiger partial charge < -0.3 is 0 Å². The number of rotatable bonds is 5. The van der Waals surface area contributed by atoms with E-state index in [1.165, 1.54) is 0 Å². The fourth-order valence-electron chi connectivity index (χ4n) is 4.41. The second-order valence-electron chi connectivity index (χ2n) is 6.99. The van der Waals surface area contributed by atoms with Crippen molar-refractivity contribution in [3.05, 3.63) is 89.9 Å². The maximum Gasteiger partial charge on any atom is 0.298 e. The highest BCUT2D eigenvalue weighted by Crippen LogP contribution is 2.73. The summed E-state index contributed by atoms with van der Waals surface area (Å²) < 4.78 is 0. The molecule has 2 saturated carbocycles. The van der Waals surface area contributed by atoms with Crippen LogP contribution in [0.3, 0.4) is 0 Å². The number of nitrogens with zero attached hydrogens (tertiary/aromatic N) is 2. The van der Waals surface area contributed by atoms with Crippen molar-refractivity contribution in [1.82, 2.24) is 0 Å². The maximum absolute atomic E-state index is 12.0. The first-order chi connectivity index (χ1) is 12.3. The Labute approximate surface area is 159 Å². The summed E-state index contributed by atoms with van der Waals surface area (Å²) in [6.07, 6.45) is 0.275. The summed E-state index contributed by atoms with van der Waals surface area (Å²) in [5.74, 6) is -1.04. The fourth-order valence-corrected chi connectivity index (χ4v) is 4.81. The molecule has 0 N–H and O–H groups in total. The van der Waals surface area contributed by atoms with E-state index in [9.17, 15) is 20.2 Å². The molecule has 0 aliphatic heterocycles. The summed E-state index contributed by atoms with van der Waals surface area (Å²) >= 11 is 12.0. The molecule has 0 amide bonds. The van der Waals surface area contributed by atoms with E-state index < -0.39 is 32.8 Å². The third-order valence-electron chi connectivity index (χ3n) is 5.77. The van der Waals surface area contributed by atoms with Gasteiger partial charge in [-0.2, -0.15) is 0 Å². The van der Waals surface area contributed by atoms with Crippen molar-refractivity contribution in [3.8, 4) is 0 Å². The third-order valence-corrected chi connectivity index (χ3v) is 6.24. The van der Waals surface area contributed by atoms with Gasteiger partial charge in [-0.25, -0.2) is 0 Å². The molecule has 8 heteroatoms. The minimum absolute atomic E-state index is 0.137. The first kappa shape index (κ1) is 17.2. The van der Waals surface area contributed by atoms with E-state index in [1.54, 1.807) is 48.5 Å². The minimum atomic E-state index is -1.62. The molecular formula is C18H14Cl2N2O4. The third kappa shape index (κ3) is 2.25. The lowest BCUT2D eigenvalue weighted by atomic mass is 9.93. The van der Waals surface area contributed by atoms with Gasteiger partial charge in [-0.3, -0.25) is 20.2 Å². The molecule has 4 atom stereocenters. The highest BCUT2D eigenvalue weighted by Gasteiger charge is 2.93. The van der Waals surface area contributed by atoms with Crippen LogP contribution in [0.25, 0.3) is 0 Å². The molecule has 0 spiro atoms. The lowest BCUT2D eigenvalue weighted by molar-refractivity contribution is -0.644. The first-order valence-corrected chi connectivity index (χ1v) is 8.88. The second kappa shape index (κ2) is 5.66. The van der Waals surface area contributed by atoms with Crippen LogP contribution in [0.2, 0.25) is 10.0 Å². The number of benzene rings is 2. The summed E-state index contributed by atoms with van der Waals surface area (Å²) in [6.45, 7) is 0. The Morgan fingerprint density at radius 2 is 1.19 bits per heavy atom. The standard InChI is InChI=1S/C18H14Cl2N2O4/c19-13-5-1-3-11(7-13)15-9-17(15,21(23)24)18(22(25)26)10-16(18)12-4-2-6-14(20)8-12/h1-8,15-16H,9-10H2/t15-,16+,17+,18-. The number of halogens is 2. The van der Waals surface area contributed by atoms with Crippen LogP contribution in [-0.2, 0) is 0 Å². The van der Waals surface area contributed by atoms with Crippen LogP contribution in [0.5, 0.6) is 0 Å². The summed E-state index contributed by atoms with van der Waals surface area (Å²) in [7, 11) is 0. The molecule has 0 aromatic heterocycles. The Morgan fingerprint density at radius 3 is 1.50 bits per heavy atom. The zero-order valence-electron chi connectivity index (χ0n) is 13.5. The lowest BCUT2D eigenvalue weighted by Gasteiger charge is -2.16. The fraction of sp³-hybridized carbons (Fsp3) is 0.333. The molecule has 2 aliphatic rings. The van der Waals surface area contributed by atoms with Crippen LogP contribution in [0.15, 0.2) is 48.5 Å². The van der Waals surface area contributed by atoms with Crippen molar-refractivity contribution in [2.75, 3.05) is 0 Å². The molecule has 0 unspecified atom stereocenters. The van der Waals surface area contributed by atoms with Gasteiger partial charge in [0.1, 0.15) is 0 Å². The van der Waals surface area contributed by atoms with Crippen LogP contribution >= 0.6 is 23.2 Å². The highest BCUT2D eigenvalue weighted by atomic mass is 35.5. The van der Waals surface area contributed by atoms with Crippen molar-refractivity contribution >= 4 is 23.2 Å². The van der Waals surface area contributed by atoms with E-state index >= 15 is 0 Å². The van der Waals surface area contributed by atoms with Gasteiger partial charge in [0, 0.05) is 32.7 Å². The molecule has 26 heavy (non-hydrogen) atoms. The van der Waals surface area contributed by atoms with E-state index in [-0.39, 0.29) is 12.8 Å². The van der Waals surface area contributed by atoms with E-state index in [1.807, 2.05) is 0 Å². The minimum Gasteiger partial charge on any atom is -0.264 e. The molecule has 2 aliphatic carbocycles. The van der Waals surface area contributed by atoms with Crippen molar-refractivity contribution < 1.29 is 9.85 Å². The molecular weight excluding hydrogens is 379 g/mol. The van der Waals surface area contributed by atoms with Gasteiger partial charge in [-0.1, -0.05) is 47.5 Å². The van der Waals surface area contributed by atoms with Crippen molar-refractivity contribution in [3.63, 3.8) is 0 Å². The average Bonchev–Trinajstić information content (AvgIpc) is 3.46. The van der Waals surface area contributed by atoms with E-state index in [2.05, 4.69) is 0 Å². The van der Waals surface area contributed by atoms with Crippen molar-refractivity contribution in [1.29, 1.82) is 0 Å². The van der Waals surface area contributed by atoms with Crippen molar-refractivity contribution in [2.24, 2.45) is 0 Å². The second-order valence-corrected chi connectivity index (χ2v) is 7.86. The quantitative estimate of drug-likeness (QED) is 0.544. The van der Waals surface area contributed by atoms with Gasteiger partial charge in [0.2, 0.25) is 0 Å². The summed E-state index contributed by atoms with van der Waals surface area (Å²) in [5.41, 5.74) is -1.89. The van der Waals surface area contributed by atoms with Crippen LogP contribution in [0.4, 0.5) is 0 Å². The molecule has 134 valence electrons. The van der Waals surface area contributed by atoms with Crippen molar-refractivity contribution in [2.45, 2.75) is 35.8 Å². The van der Waals surface area contributed by atoms with E-state index in [0.717, 1.165) is 0 Å². The number of hydrogen-bond acceptors (Lipinski definition) is 4. The lowest BCUT2D eigenvalue weighted by Crippen LogP contribution is -2.46. The molecule has 0 heterocycles. The average molecular weight is 393 g/mol. The summed E-state index contributed by atoms with van der Waals surface area (Å²) in [4.78, 5) is 23.2. The Bertz CT molecular complexity index is 861. The van der Waals surface area contributed by atoms with Crippen LogP contribution in [0, 0.1) is 20.2 Å². The topological polar surface area (TPSA) is 86.3 Å². The van der Waals surface area contributed by atoms with Crippen LogP contribution < -0.4 is 0 Å². The summed E-state index contributed by atoms with van der Waals surface area (Å²) in [5, 5.41) is 25.0. The highest BCUT2D eigenvalue weighted by molar-refractivity contribution is 6.30. The first-order valence-electron chi connectivity index (χ1n) is 8.13. The summed E-state index contributed by atoms with van der Waals surface area (Å²) in [6, 6.07) is 13.6. The normalized spacial score (nSPS) is 32.1. The predicted octanol–water partition coefficient (Wildman–Crippen LogP) is 4.70. The van der Waals surface area contributed by atoms with Gasteiger partial charge in [0.25, 0.3) is 11.1 Å². The molecule has 2 aromatic carbocycles. The maximum atomic E-state index is 12.0. The molecule has 2 fully saturated rings. The van der Waals surface area contributed by atoms with Gasteiger partial charge in [-0.15, -0.1) is 0 Å². The Balaban J connectivity index is 1.77. The molecule has 6 nitrogen and oxygen atoms in total. The molecule has 0 saturated heterocycles. The van der Waals surface area contributed by atoms with Gasteiger partial charge in [0.05, 0.1) is 11.8 Å². The number of nitro groups is 2. The Hall–Kier alpha value is -2.18. The Morgan fingerprint density at radius 1 is 0.808 bits per heavy atom. The molecule has 2 aromatic rings. The zero-order chi connectivity index (χ0) is 18.7. The Kier molecular flexibility index (Phi) is 3.75. The van der Waals surface area contributed by atoms with E-state index in [0.29, 0.717) is 21.2 Å². The van der Waals surface area contributed by atoms with Gasteiger partial charge in [0.15, 0.2) is 0 Å². The smallest absolute Gasteiger partial charge is 0.264 e. The van der Waals surface area contributed by atoms with E-state index in [4.69, 9.17) is 23.2 Å². The van der Waals surface area contributed by atoms with Crippen LogP contribution in [0.1, 0.15) is 35.8 Å². The van der Waals surface area contributed by atoms with Gasteiger partial charge in [-0.05, 0) is 35.4 Å². The SMILES string of the molecule is O=[N+]([O-])[C@]1([C@]2([N+](=O)[O-])C[C@@H]2c2cccc(Cl)c2)C[C@H]1c1cccc(Cl)c1. The monoisotopic (exact) mass is 392 g/mol. The number of hydrogen-bond donors (Lipinski definition) is 0. The zero-order valence-corrected chi connectivity index (χ0v) is 15.0. The van der Waals surface area contributed by atoms with Gasteiger partial charge >= 0.3 is 0 Å². The molecule has 0 radical (unpaired) electrons. The predicted molar refractivity (Wildman–Crippen MR) is 97.1 cm³/mol. The largest absolute Gasteiger partial charge is 0.298 e.